The van der Waals surface area contributed by atoms with Crippen molar-refractivity contribution >= 4 is 41.7 Å². The van der Waals surface area contributed by atoms with Crippen LogP contribution >= 0.6 is 29.8 Å². The second-order valence-corrected chi connectivity index (χ2v) is 6.80. The van der Waals surface area contributed by atoms with E-state index >= 15 is 0 Å². The molecule has 0 amide bonds. The van der Waals surface area contributed by atoms with Crippen molar-refractivity contribution < 1.29 is 9.05 Å². The second kappa shape index (κ2) is 9.17. The van der Waals surface area contributed by atoms with Crippen molar-refractivity contribution in [3.8, 4) is 0 Å². The molecule has 0 radical (unpaired) electrons. The maximum atomic E-state index is 5.71. The average Bonchev–Trinajstić information content (AvgIpc) is 2.18. The summed E-state index contributed by atoms with van der Waals surface area (Å²) >= 11 is 16.9. The highest BCUT2D eigenvalue weighted by Gasteiger charge is 2.26. The van der Waals surface area contributed by atoms with Crippen LogP contribution in [0.15, 0.2) is 0 Å². The largest absolute Gasteiger partial charge is 0.318 e. The molecular formula is C8H18Cl2NO2PS. The normalized spacial score (nSPS) is 12.3. The van der Waals surface area contributed by atoms with E-state index in [1.807, 2.05) is 18.5 Å². The SMILES string of the molecule is CCOP(=S)(OCC)N(CCCl)CCCl. The highest BCUT2D eigenvalue weighted by Crippen LogP contribution is 2.51. The summed E-state index contributed by atoms with van der Waals surface area (Å²) < 4.78 is 13.0. The van der Waals surface area contributed by atoms with Crippen LogP contribution in [0, 0.1) is 0 Å². The van der Waals surface area contributed by atoms with Gasteiger partial charge in [-0.2, -0.15) is 0 Å². The Hall–Kier alpha value is 1.11. The first kappa shape index (κ1) is 16.1. The molecule has 0 atom stereocenters. The highest BCUT2D eigenvalue weighted by molar-refractivity contribution is 8.08. The average molecular weight is 294 g/mol. The van der Waals surface area contributed by atoms with Gasteiger partial charge in [0.2, 0.25) is 0 Å². The minimum absolute atomic E-state index is 0.495. The summed E-state index contributed by atoms with van der Waals surface area (Å²) in [4.78, 5) is 0. The summed E-state index contributed by atoms with van der Waals surface area (Å²) in [6.07, 6.45) is 0. The van der Waals surface area contributed by atoms with Gasteiger partial charge in [-0.15, -0.1) is 23.2 Å². The molecule has 92 valence electrons. The predicted molar refractivity (Wildman–Crippen MR) is 70.6 cm³/mol. The number of hydrogen-bond acceptors (Lipinski definition) is 3. The van der Waals surface area contributed by atoms with Crippen molar-refractivity contribution in [1.82, 2.24) is 4.67 Å². The monoisotopic (exact) mass is 293 g/mol. The van der Waals surface area contributed by atoms with Gasteiger partial charge in [0.25, 0.3) is 6.64 Å². The van der Waals surface area contributed by atoms with Crippen LogP contribution in [0.4, 0.5) is 0 Å². The van der Waals surface area contributed by atoms with Crippen LogP contribution in [0.5, 0.6) is 0 Å². The molecule has 0 saturated heterocycles. The van der Waals surface area contributed by atoms with Gasteiger partial charge < -0.3 is 9.05 Å². The molecule has 0 aliphatic heterocycles. The molecule has 0 fully saturated rings. The summed E-state index contributed by atoms with van der Waals surface area (Å²) in [5.74, 6) is 0.991. The van der Waals surface area contributed by atoms with Gasteiger partial charge in [-0.1, -0.05) is 0 Å². The molecule has 0 heterocycles. The van der Waals surface area contributed by atoms with Crippen molar-refractivity contribution in [3.63, 3.8) is 0 Å². The Bertz CT molecular complexity index is 193. The molecule has 3 nitrogen and oxygen atoms in total. The third-order valence-corrected chi connectivity index (χ3v) is 5.54. The molecule has 0 aromatic heterocycles. The molecule has 15 heavy (non-hydrogen) atoms. The van der Waals surface area contributed by atoms with Crippen LogP contribution in [-0.2, 0) is 20.9 Å². The molecule has 0 aliphatic carbocycles. The van der Waals surface area contributed by atoms with Crippen LogP contribution < -0.4 is 0 Å². The van der Waals surface area contributed by atoms with Crippen molar-refractivity contribution in [1.29, 1.82) is 0 Å². The van der Waals surface area contributed by atoms with Crippen LogP contribution in [0.1, 0.15) is 13.8 Å². The zero-order chi connectivity index (χ0) is 11.7. The van der Waals surface area contributed by atoms with Crippen LogP contribution in [0.3, 0.4) is 0 Å². The fraction of sp³-hybridized carbons (Fsp3) is 1.00. The molecule has 0 spiro atoms. The Morgan fingerprint density at radius 2 is 1.47 bits per heavy atom. The standard InChI is InChI=1S/C8H18Cl2NO2PS/c1-3-12-14(15,13-4-2)11(7-5-9)8-6-10/h3-8H2,1-2H3. The number of nitrogens with zero attached hydrogens (tertiary/aromatic N) is 1. The van der Waals surface area contributed by atoms with Gasteiger partial charge in [0, 0.05) is 24.8 Å². The van der Waals surface area contributed by atoms with Crippen molar-refractivity contribution in [2.45, 2.75) is 13.8 Å². The van der Waals surface area contributed by atoms with Crippen molar-refractivity contribution in [2.24, 2.45) is 0 Å². The van der Waals surface area contributed by atoms with E-state index in [0.717, 1.165) is 0 Å². The Labute approximate surface area is 107 Å². The van der Waals surface area contributed by atoms with E-state index in [1.54, 1.807) is 0 Å². The fourth-order valence-electron chi connectivity index (χ4n) is 1.08. The zero-order valence-corrected chi connectivity index (χ0v) is 12.3. The topological polar surface area (TPSA) is 21.7 Å². The lowest BCUT2D eigenvalue weighted by Crippen LogP contribution is -2.27. The second-order valence-electron chi connectivity index (χ2n) is 2.64. The number of halogens is 2. The van der Waals surface area contributed by atoms with Gasteiger partial charge in [0.15, 0.2) is 0 Å². The molecule has 0 N–H and O–H groups in total. The molecule has 0 rings (SSSR count). The van der Waals surface area contributed by atoms with Crippen LogP contribution in [-0.4, -0.2) is 42.7 Å². The van der Waals surface area contributed by atoms with Crippen LogP contribution in [0.2, 0.25) is 0 Å². The first-order valence-electron chi connectivity index (χ1n) is 4.91. The maximum Gasteiger partial charge on any atom is 0.263 e. The van der Waals surface area contributed by atoms with Gasteiger partial charge >= 0.3 is 0 Å². The number of hydrogen-bond donors (Lipinski definition) is 0. The summed E-state index contributed by atoms with van der Waals surface area (Å²) in [5, 5.41) is 0. The van der Waals surface area contributed by atoms with Crippen LogP contribution in [0.25, 0.3) is 0 Å². The Morgan fingerprint density at radius 1 is 1.07 bits per heavy atom. The molecule has 0 aromatic carbocycles. The van der Waals surface area contributed by atoms with Gasteiger partial charge in [0.05, 0.1) is 13.2 Å². The molecule has 0 saturated carbocycles. The van der Waals surface area contributed by atoms with Crippen molar-refractivity contribution in [2.75, 3.05) is 38.1 Å². The lowest BCUT2D eigenvalue weighted by atomic mass is 10.6. The first-order valence-corrected chi connectivity index (χ1v) is 8.57. The van der Waals surface area contributed by atoms with Gasteiger partial charge in [-0.25, -0.2) is 4.67 Å². The van der Waals surface area contributed by atoms with E-state index in [-0.39, 0.29) is 0 Å². The third kappa shape index (κ3) is 5.83. The first-order chi connectivity index (χ1) is 7.14. The lowest BCUT2D eigenvalue weighted by Gasteiger charge is -2.32. The van der Waals surface area contributed by atoms with E-state index < -0.39 is 6.64 Å². The van der Waals surface area contributed by atoms with E-state index in [1.165, 1.54) is 0 Å². The predicted octanol–water partition coefficient (Wildman–Crippen LogP) is 3.06. The Morgan fingerprint density at radius 3 is 1.73 bits per heavy atom. The lowest BCUT2D eigenvalue weighted by molar-refractivity contribution is 0.220. The van der Waals surface area contributed by atoms with E-state index in [2.05, 4.69) is 0 Å². The summed E-state index contributed by atoms with van der Waals surface area (Å²) in [6.45, 7) is 3.81. The smallest absolute Gasteiger partial charge is 0.263 e. The van der Waals surface area contributed by atoms with Gasteiger partial charge in [-0.3, -0.25) is 0 Å². The summed E-state index contributed by atoms with van der Waals surface area (Å²) in [5.41, 5.74) is 0. The zero-order valence-electron chi connectivity index (χ0n) is 9.12. The van der Waals surface area contributed by atoms with E-state index in [9.17, 15) is 0 Å². The number of alkyl halides is 2. The third-order valence-electron chi connectivity index (χ3n) is 1.62. The summed E-state index contributed by atoms with van der Waals surface area (Å²) in [6, 6.07) is 0. The quantitative estimate of drug-likeness (QED) is 0.481. The molecule has 0 aromatic rings. The summed E-state index contributed by atoms with van der Waals surface area (Å²) in [7, 11) is 0. The Balaban J connectivity index is 4.56. The molecule has 0 aliphatic rings. The molecule has 7 heteroatoms. The molecule has 0 unspecified atom stereocenters. The minimum Gasteiger partial charge on any atom is -0.318 e. The fourth-order valence-corrected chi connectivity index (χ4v) is 4.59. The maximum absolute atomic E-state index is 5.71. The van der Waals surface area contributed by atoms with Gasteiger partial charge in [-0.05, 0) is 25.7 Å². The number of rotatable bonds is 9. The minimum atomic E-state index is -2.36. The Kier molecular flexibility index (Phi) is 9.85. The molecular weight excluding hydrogens is 276 g/mol. The molecule has 0 bridgehead atoms. The van der Waals surface area contributed by atoms with E-state index in [0.29, 0.717) is 38.1 Å². The van der Waals surface area contributed by atoms with E-state index in [4.69, 9.17) is 44.1 Å². The van der Waals surface area contributed by atoms with Gasteiger partial charge in [0.1, 0.15) is 0 Å². The van der Waals surface area contributed by atoms with Crippen molar-refractivity contribution in [3.05, 3.63) is 0 Å². The highest BCUT2D eigenvalue weighted by atomic mass is 35.5.